The van der Waals surface area contributed by atoms with Crippen LogP contribution in [0, 0.1) is 0 Å². The maximum atomic E-state index is 2.43. The van der Waals surface area contributed by atoms with Gasteiger partial charge in [-0.25, -0.2) is 0 Å². The van der Waals surface area contributed by atoms with Crippen LogP contribution in [0.25, 0.3) is 71.3 Å². The molecular weight excluding hydrogens is 593 g/mol. The Kier molecular flexibility index (Phi) is 7.91. The number of aromatic nitrogens is 1. The van der Waals surface area contributed by atoms with Gasteiger partial charge in [0.05, 0.1) is 11.0 Å². The van der Waals surface area contributed by atoms with Gasteiger partial charge in [-0.1, -0.05) is 129 Å². The second kappa shape index (κ2) is 12.8. The summed E-state index contributed by atoms with van der Waals surface area (Å²) in [7, 11) is 2.11. The lowest BCUT2D eigenvalue weighted by molar-refractivity contribution is 1.19. The van der Waals surface area contributed by atoms with Gasteiger partial charge in [-0.2, -0.15) is 0 Å². The Morgan fingerprint density at radius 1 is 0.367 bits per heavy atom. The maximum absolute atomic E-state index is 2.43. The molecule has 1 aromatic heterocycles. The zero-order chi connectivity index (χ0) is 33.3. The number of fused-ring (bicyclic) bond motifs is 5. The van der Waals surface area contributed by atoms with E-state index in [-0.39, 0.29) is 0 Å². The van der Waals surface area contributed by atoms with Crippen molar-refractivity contribution in [1.82, 2.24) is 4.57 Å². The van der Waals surface area contributed by atoms with Gasteiger partial charge in [-0.05, 0) is 104 Å². The van der Waals surface area contributed by atoms with Crippen LogP contribution in [0.4, 0.5) is 11.4 Å². The van der Waals surface area contributed by atoms with Gasteiger partial charge in [0.25, 0.3) is 0 Å². The van der Waals surface area contributed by atoms with Crippen LogP contribution in [0.5, 0.6) is 0 Å². The molecule has 0 aliphatic rings. The van der Waals surface area contributed by atoms with E-state index in [0.717, 1.165) is 0 Å². The number of hydrogen-bond acceptors (Lipinski definition) is 1. The molecule has 8 aromatic carbocycles. The first kappa shape index (κ1) is 30.2. The number of benzene rings is 8. The third-order valence-corrected chi connectivity index (χ3v) is 9.57. The molecule has 236 valence electrons. The molecule has 9 rings (SSSR count). The van der Waals surface area contributed by atoms with Crippen LogP contribution < -0.4 is 4.90 Å². The quantitative estimate of drug-likeness (QED) is 0.184. The molecule has 0 radical (unpaired) electrons. The fourth-order valence-electron chi connectivity index (χ4n) is 7.01. The molecule has 0 aliphatic carbocycles. The van der Waals surface area contributed by atoms with E-state index in [9.17, 15) is 0 Å². The number of rotatable bonds is 5. The molecule has 0 fully saturated rings. The van der Waals surface area contributed by atoms with E-state index in [1.807, 2.05) is 19.9 Å². The highest BCUT2D eigenvalue weighted by molar-refractivity contribution is 6.14. The van der Waals surface area contributed by atoms with Crippen LogP contribution in [0.1, 0.15) is 13.8 Å². The lowest BCUT2D eigenvalue weighted by Gasteiger charge is -2.19. The van der Waals surface area contributed by atoms with Gasteiger partial charge in [0.15, 0.2) is 0 Å². The van der Waals surface area contributed by atoms with Crippen molar-refractivity contribution in [1.29, 1.82) is 0 Å². The van der Waals surface area contributed by atoms with Gasteiger partial charge < -0.3 is 9.47 Å². The molecule has 0 atom stereocenters. The van der Waals surface area contributed by atoms with Crippen LogP contribution in [0.15, 0.2) is 176 Å². The minimum absolute atomic E-state index is 1.17. The number of anilines is 2. The Morgan fingerprint density at radius 2 is 0.857 bits per heavy atom. The van der Waals surface area contributed by atoms with Crippen molar-refractivity contribution in [3.8, 4) is 27.9 Å². The van der Waals surface area contributed by atoms with Crippen molar-refractivity contribution in [2.45, 2.75) is 13.8 Å². The molecule has 0 saturated carbocycles. The van der Waals surface area contributed by atoms with Gasteiger partial charge in [0.1, 0.15) is 0 Å². The molecule has 0 spiro atoms. The Morgan fingerprint density at radius 3 is 1.53 bits per heavy atom. The summed E-state index contributed by atoms with van der Waals surface area (Å²) in [5, 5.41) is 7.54. The predicted molar refractivity (Wildman–Crippen MR) is 213 cm³/mol. The van der Waals surface area contributed by atoms with Gasteiger partial charge in [0.2, 0.25) is 0 Å². The Labute approximate surface area is 288 Å². The summed E-state index contributed by atoms with van der Waals surface area (Å²) in [6.45, 7) is 4.00. The first-order valence-corrected chi connectivity index (χ1v) is 17.2. The molecular formula is C47H38N2. The van der Waals surface area contributed by atoms with Crippen molar-refractivity contribution < 1.29 is 0 Å². The minimum Gasteiger partial charge on any atom is -0.345 e. The normalized spacial score (nSPS) is 11.2. The number of hydrogen-bond donors (Lipinski definition) is 0. The molecule has 0 bridgehead atoms. The Bertz CT molecular complexity index is 2560. The van der Waals surface area contributed by atoms with Crippen LogP contribution in [0.3, 0.4) is 0 Å². The van der Waals surface area contributed by atoms with E-state index in [1.165, 1.54) is 82.7 Å². The monoisotopic (exact) mass is 630 g/mol. The average Bonchev–Trinajstić information content (AvgIpc) is 3.50. The fourth-order valence-corrected chi connectivity index (χ4v) is 7.01. The van der Waals surface area contributed by atoms with Gasteiger partial charge >= 0.3 is 0 Å². The lowest BCUT2D eigenvalue weighted by Crippen LogP contribution is -2.08. The Balaban J connectivity index is 0.00000171. The van der Waals surface area contributed by atoms with Crippen LogP contribution in [-0.2, 0) is 0 Å². The van der Waals surface area contributed by atoms with E-state index in [1.54, 1.807) is 0 Å². The molecule has 0 N–H and O–H groups in total. The first-order chi connectivity index (χ1) is 24.2. The van der Waals surface area contributed by atoms with Crippen LogP contribution in [-0.4, -0.2) is 11.6 Å². The summed E-state index contributed by atoms with van der Waals surface area (Å²) < 4.78 is 2.43. The average molecular weight is 631 g/mol. The molecule has 0 aliphatic heterocycles. The summed E-state index contributed by atoms with van der Waals surface area (Å²) in [4.78, 5) is 2.21. The topological polar surface area (TPSA) is 8.17 Å². The second-order valence-corrected chi connectivity index (χ2v) is 12.3. The largest absolute Gasteiger partial charge is 0.345 e. The predicted octanol–water partition coefficient (Wildman–Crippen LogP) is 13.2. The van der Waals surface area contributed by atoms with Gasteiger partial charge in [-0.3, -0.25) is 0 Å². The van der Waals surface area contributed by atoms with E-state index in [2.05, 4.69) is 186 Å². The summed E-state index contributed by atoms with van der Waals surface area (Å²) in [5.41, 5.74) is 10.8. The lowest BCUT2D eigenvalue weighted by atomic mass is 9.98. The first-order valence-electron chi connectivity index (χ1n) is 17.2. The highest BCUT2D eigenvalue weighted by Crippen LogP contribution is 2.38. The minimum atomic E-state index is 1.17. The smallest absolute Gasteiger partial charge is 0.0547 e. The van der Waals surface area contributed by atoms with Crippen molar-refractivity contribution >= 4 is 54.7 Å². The molecule has 0 amide bonds. The maximum Gasteiger partial charge on any atom is 0.0547 e. The third kappa shape index (κ3) is 5.52. The SMILES string of the molecule is CC.CN(c1ccccc1)c1ccc(-c2ccc(-c3ccc4c(c3)c3cc5ccccc5cc3n4-c3ccc4ccccc4c3)cc2)cc1. The van der Waals surface area contributed by atoms with E-state index in [0.29, 0.717) is 0 Å². The molecule has 0 unspecified atom stereocenters. The summed E-state index contributed by atoms with van der Waals surface area (Å²) in [5.74, 6) is 0. The highest BCUT2D eigenvalue weighted by atomic mass is 15.1. The molecule has 49 heavy (non-hydrogen) atoms. The molecule has 9 aromatic rings. The zero-order valence-electron chi connectivity index (χ0n) is 28.1. The fraction of sp³-hybridized carbons (Fsp3) is 0.0638. The molecule has 2 nitrogen and oxygen atoms in total. The van der Waals surface area contributed by atoms with Crippen LogP contribution in [0.2, 0.25) is 0 Å². The number of nitrogens with zero attached hydrogens (tertiary/aromatic N) is 2. The Hall–Kier alpha value is -6.12. The third-order valence-electron chi connectivity index (χ3n) is 9.57. The summed E-state index contributed by atoms with van der Waals surface area (Å²) in [6.07, 6.45) is 0. The van der Waals surface area contributed by atoms with Crippen molar-refractivity contribution in [2.24, 2.45) is 0 Å². The van der Waals surface area contributed by atoms with Gasteiger partial charge in [-0.15, -0.1) is 0 Å². The molecule has 2 heteroatoms. The second-order valence-electron chi connectivity index (χ2n) is 12.3. The number of para-hydroxylation sites is 1. The van der Waals surface area contributed by atoms with E-state index in [4.69, 9.17) is 0 Å². The van der Waals surface area contributed by atoms with Gasteiger partial charge in [0, 0.05) is 34.9 Å². The standard InChI is InChI=1S/C45H32N2.C2H6/c1-46(39-13-3-2-4-14-39)40-23-19-33(20-24-40)32-15-17-34(18-16-32)38-22-26-44-42(29-38)43-28-36-11-7-8-12-37(36)30-45(43)47(44)41-25-21-31-9-5-6-10-35(31)27-41;1-2/h2-30H,1H3;1-2H3. The van der Waals surface area contributed by atoms with Crippen LogP contribution >= 0.6 is 0 Å². The molecule has 1 heterocycles. The highest BCUT2D eigenvalue weighted by Gasteiger charge is 2.15. The zero-order valence-corrected chi connectivity index (χ0v) is 28.1. The van der Waals surface area contributed by atoms with Crippen molar-refractivity contribution in [2.75, 3.05) is 11.9 Å². The van der Waals surface area contributed by atoms with E-state index < -0.39 is 0 Å². The van der Waals surface area contributed by atoms with Crippen molar-refractivity contribution in [3.63, 3.8) is 0 Å². The summed E-state index contributed by atoms with van der Waals surface area (Å²) >= 11 is 0. The molecule has 0 saturated heterocycles. The van der Waals surface area contributed by atoms with E-state index >= 15 is 0 Å². The summed E-state index contributed by atoms with van der Waals surface area (Å²) in [6, 6.07) is 63.9. The van der Waals surface area contributed by atoms with Crippen molar-refractivity contribution in [3.05, 3.63) is 176 Å².